The van der Waals surface area contributed by atoms with Crippen LogP contribution in [0.5, 0.6) is 0 Å². The van der Waals surface area contributed by atoms with Gasteiger partial charge in [0.15, 0.2) is 23.3 Å². The lowest BCUT2D eigenvalue weighted by Gasteiger charge is -2.26. The fourth-order valence-corrected chi connectivity index (χ4v) is 7.97. The Bertz CT molecular complexity index is 2700. The van der Waals surface area contributed by atoms with Gasteiger partial charge in [0.1, 0.15) is 46.5 Å². The van der Waals surface area contributed by atoms with E-state index in [1.165, 1.54) is 61.0 Å². The largest absolute Gasteiger partial charge is 0.340 e. The van der Waals surface area contributed by atoms with Crippen LogP contribution in [0, 0.1) is 46.5 Å². The van der Waals surface area contributed by atoms with Crippen molar-refractivity contribution in [3.8, 4) is 0 Å². The van der Waals surface area contributed by atoms with E-state index in [2.05, 4.69) is 9.97 Å². The van der Waals surface area contributed by atoms with Gasteiger partial charge in [-0.1, -0.05) is 0 Å². The van der Waals surface area contributed by atoms with Gasteiger partial charge in [0.2, 0.25) is 11.8 Å². The second kappa shape index (κ2) is 17.7. The Morgan fingerprint density at radius 2 is 0.903 bits per heavy atom. The monoisotopic (exact) mass is 896 g/mol. The number of halogens is 8. The third-order valence-corrected chi connectivity index (χ3v) is 11.3. The molecule has 0 bridgehead atoms. The molecule has 0 saturated carbocycles. The molecule has 2 atom stereocenters. The predicted octanol–water partition coefficient (Wildman–Crippen LogP) is 8.03. The van der Waals surface area contributed by atoms with Gasteiger partial charge >= 0.3 is 0 Å². The number of nitrogens with one attached hydrogen (secondary N) is 2. The number of carbonyl (C=O) groups is 4. The quantitative estimate of drug-likeness (QED) is 0.0728. The summed E-state index contributed by atoms with van der Waals surface area (Å²) in [4.78, 5) is 65.7. The Hall–Kier alpha value is -6.80. The molecule has 7 aromatic rings. The maximum absolute atomic E-state index is 16.4. The maximum atomic E-state index is 16.4. The lowest BCUT2D eigenvalue weighted by atomic mass is 10.0. The van der Waals surface area contributed by atoms with Crippen LogP contribution >= 0.6 is 22.7 Å². The molecule has 2 N–H and O–H groups in total. The standard InChI is InChI=1S/C42H28F8N6O4S2/c1-55(25-3-5-31-27(15-25)51-17-61-31)41(59)29(11-19-7-21(43)13-22(44)8-19)53-39(57)33-35(47)34(37(49)38(50)36(33)48)40(58)54-30(12-20-9-23(45)14-24(46)10-20)42(60)56(2)26-4-6-32-28(16-26)52-18-62-32/h3-10,13-18,29-30H,11-12H2,1-2H3,(H,53,57)(H,54,58)/t29-,30?/m0/s1. The minimum atomic E-state index is -2.51. The zero-order chi connectivity index (χ0) is 44.6. The number of thiazole rings is 2. The Morgan fingerprint density at radius 1 is 0.532 bits per heavy atom. The van der Waals surface area contributed by atoms with Gasteiger partial charge in [0.05, 0.1) is 31.5 Å². The van der Waals surface area contributed by atoms with Crippen molar-refractivity contribution < 1.29 is 54.3 Å². The molecule has 318 valence electrons. The average molecular weight is 897 g/mol. The fourth-order valence-electron chi connectivity index (χ4n) is 6.65. The number of benzene rings is 5. The fraction of sp³-hybridized carbons (Fsp3) is 0.143. The molecule has 0 spiro atoms. The van der Waals surface area contributed by atoms with E-state index in [0.717, 1.165) is 43.5 Å². The highest BCUT2D eigenvalue weighted by Crippen LogP contribution is 2.28. The van der Waals surface area contributed by atoms with Gasteiger partial charge < -0.3 is 20.4 Å². The van der Waals surface area contributed by atoms with Gasteiger partial charge in [0, 0.05) is 50.4 Å². The Balaban J connectivity index is 1.22. The lowest BCUT2D eigenvalue weighted by molar-refractivity contribution is -0.120. The highest BCUT2D eigenvalue weighted by molar-refractivity contribution is 7.17. The number of anilines is 2. The van der Waals surface area contributed by atoms with Crippen molar-refractivity contribution in [2.24, 2.45) is 0 Å². The summed E-state index contributed by atoms with van der Waals surface area (Å²) < 4.78 is 121. The Morgan fingerprint density at radius 3 is 1.27 bits per heavy atom. The summed E-state index contributed by atoms with van der Waals surface area (Å²) >= 11 is 2.60. The lowest BCUT2D eigenvalue weighted by Crippen LogP contribution is -2.50. The maximum Gasteiger partial charge on any atom is 0.258 e. The van der Waals surface area contributed by atoms with E-state index in [-0.39, 0.29) is 22.5 Å². The van der Waals surface area contributed by atoms with Crippen molar-refractivity contribution in [3.05, 3.63) is 153 Å². The first-order chi connectivity index (χ1) is 29.5. The normalized spacial score (nSPS) is 12.3. The minimum Gasteiger partial charge on any atom is -0.340 e. The second-order valence-electron chi connectivity index (χ2n) is 13.8. The molecule has 2 heterocycles. The van der Waals surface area contributed by atoms with Crippen LogP contribution in [0.25, 0.3) is 20.4 Å². The Kier molecular flexibility index (Phi) is 12.3. The van der Waals surface area contributed by atoms with Gasteiger partial charge in [-0.2, -0.15) is 0 Å². The summed E-state index contributed by atoms with van der Waals surface area (Å²) in [5.74, 6) is -19.7. The van der Waals surface area contributed by atoms with E-state index >= 15 is 17.6 Å². The zero-order valence-corrected chi connectivity index (χ0v) is 33.5. The van der Waals surface area contributed by atoms with E-state index in [4.69, 9.17) is 0 Å². The van der Waals surface area contributed by atoms with Crippen molar-refractivity contribution >= 4 is 78.1 Å². The average Bonchev–Trinajstić information content (AvgIpc) is 3.90. The van der Waals surface area contributed by atoms with Crippen molar-refractivity contribution in [2.45, 2.75) is 24.9 Å². The number of nitrogens with zero attached hydrogens (tertiary/aromatic N) is 4. The van der Waals surface area contributed by atoms with Crippen LogP contribution in [0.4, 0.5) is 46.5 Å². The van der Waals surface area contributed by atoms with Gasteiger partial charge in [0.25, 0.3) is 11.8 Å². The summed E-state index contributed by atoms with van der Waals surface area (Å²) in [5.41, 5.74) is 0.290. The van der Waals surface area contributed by atoms with Gasteiger partial charge in [-0.05, 0) is 71.8 Å². The van der Waals surface area contributed by atoms with Crippen LogP contribution in [0.2, 0.25) is 0 Å². The number of rotatable bonds is 12. The third-order valence-electron chi connectivity index (χ3n) is 9.71. The van der Waals surface area contributed by atoms with Crippen LogP contribution in [0.1, 0.15) is 31.8 Å². The molecule has 0 fully saturated rings. The van der Waals surface area contributed by atoms with E-state index in [0.29, 0.717) is 23.2 Å². The first-order valence-electron chi connectivity index (χ1n) is 18.1. The minimum absolute atomic E-state index is 0.207. The van der Waals surface area contributed by atoms with Gasteiger partial charge in [-0.25, -0.2) is 45.1 Å². The summed E-state index contributed by atoms with van der Waals surface area (Å²) in [7, 11) is 2.51. The van der Waals surface area contributed by atoms with Crippen LogP contribution in [0.3, 0.4) is 0 Å². The number of fused-ring (bicyclic) bond motifs is 2. The topological polar surface area (TPSA) is 125 Å². The molecule has 10 nitrogen and oxygen atoms in total. The number of carbonyl (C=O) groups excluding carboxylic acids is 4. The third kappa shape index (κ3) is 8.96. The molecule has 20 heteroatoms. The molecule has 5 aromatic carbocycles. The first-order valence-corrected chi connectivity index (χ1v) is 19.8. The number of hydrogen-bond acceptors (Lipinski definition) is 8. The summed E-state index contributed by atoms with van der Waals surface area (Å²) in [6, 6.07) is 9.86. The summed E-state index contributed by atoms with van der Waals surface area (Å²) in [5, 5.41) is 4.04. The van der Waals surface area contributed by atoms with Crippen LogP contribution in [-0.4, -0.2) is 59.8 Å². The predicted molar refractivity (Wildman–Crippen MR) is 215 cm³/mol. The smallest absolute Gasteiger partial charge is 0.258 e. The highest BCUT2D eigenvalue weighted by Gasteiger charge is 2.37. The summed E-state index contributed by atoms with van der Waals surface area (Å²) in [6.45, 7) is 0. The first kappa shape index (κ1) is 43.3. The molecule has 0 radical (unpaired) electrons. The molecule has 0 aliphatic heterocycles. The molecule has 4 amide bonds. The van der Waals surface area contributed by atoms with Gasteiger partial charge in [-0.15, -0.1) is 22.7 Å². The van der Waals surface area contributed by atoms with Gasteiger partial charge in [-0.3, -0.25) is 19.2 Å². The zero-order valence-electron chi connectivity index (χ0n) is 31.9. The molecule has 2 aromatic heterocycles. The molecule has 7 rings (SSSR count). The molecule has 1 unspecified atom stereocenters. The number of likely N-dealkylation sites (N-methyl/N-ethyl adjacent to an activating group) is 2. The number of amides is 4. The van der Waals surface area contributed by atoms with Crippen molar-refractivity contribution in [2.75, 3.05) is 23.9 Å². The molecule has 0 saturated heterocycles. The molecule has 0 aliphatic carbocycles. The molecule has 62 heavy (non-hydrogen) atoms. The number of aromatic nitrogens is 2. The molecule has 0 aliphatic rings. The Labute approximate surface area is 353 Å². The SMILES string of the molecule is CN(C(=O)C(Cc1cc(F)cc(F)c1)NC(=O)c1c(F)c(F)c(F)c(C(=O)N[C@@H](Cc2cc(F)cc(F)c2)C(=O)N(C)c2ccc3scnc3c2)c1F)c1ccc2scnc2c1. The van der Waals surface area contributed by atoms with Crippen LogP contribution < -0.4 is 20.4 Å². The van der Waals surface area contributed by atoms with E-state index in [9.17, 15) is 36.7 Å². The van der Waals surface area contributed by atoms with E-state index < -0.39 is 106 Å². The van der Waals surface area contributed by atoms with Crippen LogP contribution in [0.15, 0.2) is 83.8 Å². The van der Waals surface area contributed by atoms with Crippen molar-refractivity contribution in [3.63, 3.8) is 0 Å². The second-order valence-corrected chi connectivity index (χ2v) is 15.6. The summed E-state index contributed by atoms with van der Waals surface area (Å²) in [6.07, 6.45) is -1.40. The molecular formula is C42H28F8N6O4S2. The van der Waals surface area contributed by atoms with Crippen molar-refractivity contribution in [1.82, 2.24) is 20.6 Å². The number of hydrogen-bond donors (Lipinski definition) is 2. The van der Waals surface area contributed by atoms with E-state index in [1.54, 1.807) is 23.2 Å². The molecular weight excluding hydrogens is 869 g/mol. The van der Waals surface area contributed by atoms with Crippen molar-refractivity contribution in [1.29, 1.82) is 0 Å². The van der Waals surface area contributed by atoms with E-state index in [1.807, 2.05) is 10.6 Å². The van der Waals surface area contributed by atoms with Crippen LogP contribution in [-0.2, 0) is 22.4 Å². The highest BCUT2D eigenvalue weighted by atomic mass is 32.1.